The van der Waals surface area contributed by atoms with Crippen molar-refractivity contribution in [2.24, 2.45) is 0 Å². The third-order valence-electron chi connectivity index (χ3n) is 1.80. The van der Waals surface area contributed by atoms with Crippen LogP contribution in [0.25, 0.3) is 0 Å². The molecule has 0 heterocycles. The number of hydrogen-bond acceptors (Lipinski definition) is 2. The molecule has 0 N–H and O–H groups in total. The Morgan fingerprint density at radius 1 is 1.47 bits per heavy atom. The van der Waals surface area contributed by atoms with Crippen LogP contribution in [0, 0.1) is 0 Å². The van der Waals surface area contributed by atoms with E-state index in [-0.39, 0.29) is 16.4 Å². The standard InChI is InChI=1S/C10H7BrClF3O2/c1-5(11)9(16)6-2-3-8(7(12)4-6)17-10(13,14)15/h2-5H,1H3. The zero-order valence-electron chi connectivity index (χ0n) is 8.52. The van der Waals surface area contributed by atoms with Gasteiger partial charge >= 0.3 is 6.36 Å². The minimum Gasteiger partial charge on any atom is -0.404 e. The van der Waals surface area contributed by atoms with Gasteiger partial charge in [0.05, 0.1) is 9.85 Å². The first kappa shape index (κ1) is 14.3. The number of ether oxygens (including phenoxy) is 1. The Morgan fingerprint density at radius 2 is 2.06 bits per heavy atom. The van der Waals surface area contributed by atoms with E-state index in [1.165, 1.54) is 6.07 Å². The van der Waals surface area contributed by atoms with E-state index in [1.807, 2.05) is 0 Å². The molecule has 0 aliphatic rings. The topological polar surface area (TPSA) is 26.3 Å². The van der Waals surface area contributed by atoms with Crippen molar-refractivity contribution < 1.29 is 22.7 Å². The van der Waals surface area contributed by atoms with Gasteiger partial charge in [-0.05, 0) is 25.1 Å². The summed E-state index contributed by atoms with van der Waals surface area (Å²) in [7, 11) is 0. The van der Waals surface area contributed by atoms with Gasteiger partial charge in [0, 0.05) is 5.56 Å². The number of benzene rings is 1. The lowest BCUT2D eigenvalue weighted by molar-refractivity contribution is -0.274. The average molecular weight is 332 g/mol. The predicted octanol–water partition coefficient (Wildman–Crippen LogP) is 4.20. The number of alkyl halides is 4. The van der Waals surface area contributed by atoms with E-state index in [1.54, 1.807) is 6.92 Å². The molecule has 1 atom stereocenters. The fourth-order valence-corrected chi connectivity index (χ4v) is 1.57. The molecule has 0 saturated heterocycles. The summed E-state index contributed by atoms with van der Waals surface area (Å²) in [5.41, 5.74) is 0.217. The Labute approximate surface area is 109 Å². The van der Waals surface area contributed by atoms with Crippen molar-refractivity contribution >= 4 is 33.3 Å². The monoisotopic (exact) mass is 330 g/mol. The van der Waals surface area contributed by atoms with Gasteiger partial charge in [-0.2, -0.15) is 0 Å². The molecule has 0 aromatic heterocycles. The van der Waals surface area contributed by atoms with Crippen LogP contribution in [0.3, 0.4) is 0 Å². The van der Waals surface area contributed by atoms with Crippen LogP contribution in [0.1, 0.15) is 17.3 Å². The van der Waals surface area contributed by atoms with Gasteiger partial charge < -0.3 is 4.74 Å². The molecular formula is C10H7BrClF3O2. The summed E-state index contributed by atoms with van der Waals surface area (Å²) in [6.45, 7) is 1.61. The maximum Gasteiger partial charge on any atom is 0.573 e. The smallest absolute Gasteiger partial charge is 0.404 e. The van der Waals surface area contributed by atoms with Gasteiger partial charge in [0.15, 0.2) is 5.78 Å². The largest absolute Gasteiger partial charge is 0.573 e. The number of carbonyl (C=O) groups excluding carboxylic acids is 1. The second-order valence-corrected chi connectivity index (χ2v) is 4.95. The van der Waals surface area contributed by atoms with Crippen LogP contribution in [0.5, 0.6) is 5.75 Å². The van der Waals surface area contributed by atoms with Gasteiger partial charge in [0.1, 0.15) is 5.75 Å². The maximum atomic E-state index is 12.0. The van der Waals surface area contributed by atoms with Crippen LogP contribution in [0.4, 0.5) is 13.2 Å². The average Bonchev–Trinajstić information content (AvgIpc) is 2.18. The molecule has 0 aliphatic carbocycles. The van der Waals surface area contributed by atoms with Crippen LogP contribution in [0.15, 0.2) is 18.2 Å². The zero-order valence-corrected chi connectivity index (χ0v) is 10.9. The van der Waals surface area contributed by atoms with Gasteiger partial charge in [0.25, 0.3) is 0 Å². The first-order valence-electron chi connectivity index (χ1n) is 4.44. The molecule has 1 aromatic carbocycles. The summed E-state index contributed by atoms with van der Waals surface area (Å²) in [4.78, 5) is 11.1. The SMILES string of the molecule is CC(Br)C(=O)c1ccc(OC(F)(F)F)c(Cl)c1. The molecule has 2 nitrogen and oxygen atoms in total. The molecule has 7 heteroatoms. The van der Waals surface area contributed by atoms with Crippen LogP contribution in [-0.2, 0) is 0 Å². The van der Waals surface area contributed by atoms with Crippen molar-refractivity contribution in [2.75, 3.05) is 0 Å². The molecule has 0 radical (unpaired) electrons. The number of Topliss-reactive ketones (excluding diaryl/α,β-unsaturated/α-hetero) is 1. The van der Waals surface area contributed by atoms with Gasteiger partial charge in [-0.15, -0.1) is 13.2 Å². The lowest BCUT2D eigenvalue weighted by Gasteiger charge is -2.11. The molecule has 0 fully saturated rings. The summed E-state index contributed by atoms with van der Waals surface area (Å²) >= 11 is 8.66. The Kier molecular flexibility index (Phi) is 4.43. The minimum atomic E-state index is -4.81. The van der Waals surface area contributed by atoms with Crippen LogP contribution >= 0.6 is 27.5 Å². The highest BCUT2D eigenvalue weighted by atomic mass is 79.9. The van der Waals surface area contributed by atoms with Crippen molar-refractivity contribution in [1.29, 1.82) is 0 Å². The van der Waals surface area contributed by atoms with Crippen LogP contribution < -0.4 is 4.74 Å². The molecule has 0 amide bonds. The highest BCUT2D eigenvalue weighted by Crippen LogP contribution is 2.31. The molecule has 1 unspecified atom stereocenters. The molecule has 0 aliphatic heterocycles. The van der Waals surface area contributed by atoms with E-state index in [2.05, 4.69) is 20.7 Å². The number of ketones is 1. The second-order valence-electron chi connectivity index (χ2n) is 3.17. The molecule has 0 spiro atoms. The predicted molar refractivity (Wildman–Crippen MR) is 60.9 cm³/mol. The number of halogens is 5. The van der Waals surface area contributed by atoms with Crippen LogP contribution in [-0.4, -0.2) is 17.0 Å². The Balaban J connectivity index is 2.98. The Hall–Kier alpha value is -0.750. The number of hydrogen-bond donors (Lipinski definition) is 0. The minimum absolute atomic E-state index is 0.217. The quantitative estimate of drug-likeness (QED) is 0.613. The first-order valence-corrected chi connectivity index (χ1v) is 5.73. The van der Waals surface area contributed by atoms with Crippen LogP contribution in [0.2, 0.25) is 5.02 Å². The van der Waals surface area contributed by atoms with Gasteiger partial charge in [-0.1, -0.05) is 27.5 Å². The third kappa shape index (κ3) is 4.20. The first-order chi connectivity index (χ1) is 7.70. The highest BCUT2D eigenvalue weighted by molar-refractivity contribution is 9.10. The van der Waals surface area contributed by atoms with E-state index in [4.69, 9.17) is 11.6 Å². The van der Waals surface area contributed by atoms with Gasteiger partial charge in [0.2, 0.25) is 0 Å². The normalized spacial score (nSPS) is 13.3. The fraction of sp³-hybridized carbons (Fsp3) is 0.300. The number of rotatable bonds is 3. The summed E-state index contributed by atoms with van der Waals surface area (Å²) in [5.74, 6) is -0.802. The van der Waals surface area contributed by atoms with E-state index < -0.39 is 16.9 Å². The molecule has 0 bridgehead atoms. The van der Waals surface area contributed by atoms with Crippen molar-refractivity contribution in [3.8, 4) is 5.75 Å². The molecule has 1 aromatic rings. The summed E-state index contributed by atoms with van der Waals surface area (Å²) in [6.07, 6.45) is -4.81. The molecule has 17 heavy (non-hydrogen) atoms. The van der Waals surface area contributed by atoms with Crippen molar-refractivity contribution in [3.63, 3.8) is 0 Å². The Morgan fingerprint density at radius 3 is 2.47 bits per heavy atom. The molecule has 1 rings (SSSR count). The van der Waals surface area contributed by atoms with Gasteiger partial charge in [-0.25, -0.2) is 0 Å². The molecular weight excluding hydrogens is 324 g/mol. The zero-order chi connectivity index (χ0) is 13.2. The second kappa shape index (κ2) is 5.27. The summed E-state index contributed by atoms with van der Waals surface area (Å²) < 4.78 is 39.5. The molecule has 94 valence electrons. The van der Waals surface area contributed by atoms with E-state index in [0.29, 0.717) is 0 Å². The lowest BCUT2D eigenvalue weighted by atomic mass is 10.1. The van der Waals surface area contributed by atoms with E-state index in [9.17, 15) is 18.0 Å². The van der Waals surface area contributed by atoms with Crippen molar-refractivity contribution in [3.05, 3.63) is 28.8 Å². The van der Waals surface area contributed by atoms with E-state index in [0.717, 1.165) is 12.1 Å². The highest BCUT2D eigenvalue weighted by Gasteiger charge is 2.32. The van der Waals surface area contributed by atoms with Crippen molar-refractivity contribution in [2.45, 2.75) is 18.1 Å². The van der Waals surface area contributed by atoms with Crippen molar-refractivity contribution in [1.82, 2.24) is 0 Å². The summed E-state index contributed by atoms with van der Waals surface area (Å²) in [5, 5.41) is -0.263. The Bertz CT molecular complexity index is 432. The third-order valence-corrected chi connectivity index (χ3v) is 2.51. The lowest BCUT2D eigenvalue weighted by Crippen LogP contribution is -2.17. The molecule has 0 saturated carbocycles. The fourth-order valence-electron chi connectivity index (χ4n) is 1.09. The summed E-state index contributed by atoms with van der Waals surface area (Å²) in [6, 6.07) is 3.38. The van der Waals surface area contributed by atoms with E-state index >= 15 is 0 Å². The maximum absolute atomic E-state index is 12.0. The number of carbonyl (C=O) groups is 1. The van der Waals surface area contributed by atoms with Gasteiger partial charge in [-0.3, -0.25) is 4.79 Å².